The number of thioether (sulfide) groups is 1. The van der Waals surface area contributed by atoms with Crippen LogP contribution in [0.25, 0.3) is 0 Å². The third-order valence-corrected chi connectivity index (χ3v) is 6.04. The number of ether oxygens (including phenoxy) is 1. The number of nitrogens with zero attached hydrogens (tertiary/aromatic N) is 3. The Morgan fingerprint density at radius 3 is 2.27 bits per heavy atom. The van der Waals surface area contributed by atoms with Crippen LogP contribution < -0.4 is 10.1 Å². The number of aromatic nitrogens is 3. The number of halogens is 1. The first kappa shape index (κ1) is 22.9. The minimum absolute atomic E-state index is 0.0583. The van der Waals surface area contributed by atoms with E-state index in [1.807, 2.05) is 77.4 Å². The third-order valence-electron chi connectivity index (χ3n) is 4.82. The molecule has 8 heteroatoms. The lowest BCUT2D eigenvalue weighted by atomic mass is 10.2. The van der Waals surface area contributed by atoms with E-state index < -0.39 is 0 Å². The van der Waals surface area contributed by atoms with E-state index in [0.29, 0.717) is 34.8 Å². The van der Waals surface area contributed by atoms with Gasteiger partial charge in [-0.05, 0) is 35.4 Å². The van der Waals surface area contributed by atoms with E-state index in [2.05, 4.69) is 15.5 Å². The molecule has 168 valence electrons. The molecule has 3 aromatic carbocycles. The van der Waals surface area contributed by atoms with Crippen LogP contribution in [0.15, 0.2) is 90.1 Å². The maximum Gasteiger partial charge on any atom is 0.230 e. The largest absolute Gasteiger partial charge is 0.486 e. The Bertz CT molecular complexity index is 1170. The average molecular weight is 479 g/mol. The highest BCUT2D eigenvalue weighted by molar-refractivity contribution is 7.99. The predicted molar refractivity (Wildman–Crippen MR) is 130 cm³/mol. The van der Waals surface area contributed by atoms with Gasteiger partial charge in [-0.1, -0.05) is 84.0 Å². The van der Waals surface area contributed by atoms with Gasteiger partial charge in [-0.15, -0.1) is 10.2 Å². The molecule has 0 saturated carbocycles. The zero-order valence-electron chi connectivity index (χ0n) is 17.9. The van der Waals surface area contributed by atoms with Gasteiger partial charge in [0.15, 0.2) is 11.0 Å². The van der Waals surface area contributed by atoms with Gasteiger partial charge in [0.25, 0.3) is 0 Å². The molecule has 0 aliphatic rings. The lowest BCUT2D eigenvalue weighted by molar-refractivity contribution is -0.118. The van der Waals surface area contributed by atoms with Gasteiger partial charge in [0.2, 0.25) is 5.91 Å². The van der Waals surface area contributed by atoms with Crippen molar-refractivity contribution < 1.29 is 9.53 Å². The number of carbonyl (C=O) groups is 1. The predicted octanol–water partition coefficient (Wildman–Crippen LogP) is 4.97. The number of rotatable bonds is 10. The van der Waals surface area contributed by atoms with Crippen molar-refractivity contribution in [2.75, 3.05) is 5.75 Å². The summed E-state index contributed by atoms with van der Waals surface area (Å²) in [5.74, 6) is 1.57. The van der Waals surface area contributed by atoms with Crippen LogP contribution in [-0.2, 0) is 24.5 Å². The van der Waals surface area contributed by atoms with Crippen molar-refractivity contribution in [2.24, 2.45) is 0 Å². The minimum atomic E-state index is -0.0583. The van der Waals surface area contributed by atoms with Gasteiger partial charge in [-0.2, -0.15) is 0 Å². The molecule has 1 heterocycles. The molecule has 4 aromatic rings. The van der Waals surface area contributed by atoms with Crippen molar-refractivity contribution in [3.63, 3.8) is 0 Å². The maximum atomic E-state index is 12.4. The fraction of sp³-hybridized carbons (Fsp3) is 0.160. The van der Waals surface area contributed by atoms with E-state index in [9.17, 15) is 4.79 Å². The Morgan fingerprint density at radius 1 is 0.909 bits per heavy atom. The molecule has 0 aliphatic carbocycles. The molecule has 0 saturated heterocycles. The molecular weight excluding hydrogens is 456 g/mol. The van der Waals surface area contributed by atoms with Crippen LogP contribution >= 0.6 is 23.4 Å². The number of benzene rings is 3. The van der Waals surface area contributed by atoms with Crippen LogP contribution in [0.2, 0.25) is 5.02 Å². The Kier molecular flexibility index (Phi) is 8.00. The first-order valence-electron chi connectivity index (χ1n) is 10.4. The number of nitrogens with one attached hydrogen (secondary N) is 1. The molecular formula is C25H23ClN4O2S. The molecule has 0 fully saturated rings. The van der Waals surface area contributed by atoms with Crippen LogP contribution in [0, 0.1) is 0 Å². The van der Waals surface area contributed by atoms with E-state index in [1.54, 1.807) is 12.1 Å². The first-order chi connectivity index (χ1) is 16.2. The van der Waals surface area contributed by atoms with Crippen molar-refractivity contribution in [3.8, 4) is 5.75 Å². The summed E-state index contributed by atoms with van der Waals surface area (Å²) in [6, 6.07) is 27.1. The second kappa shape index (κ2) is 11.5. The van der Waals surface area contributed by atoms with Gasteiger partial charge in [0.1, 0.15) is 12.4 Å². The summed E-state index contributed by atoms with van der Waals surface area (Å²) < 4.78 is 7.87. The SMILES string of the molecule is O=C(CSc1nnc(COc2ccc(Cl)cc2)n1Cc1ccccc1)NCc1ccccc1. The number of carbonyl (C=O) groups excluding carboxylic acids is 1. The lowest BCUT2D eigenvalue weighted by Gasteiger charge is -2.11. The number of hydrogen-bond acceptors (Lipinski definition) is 5. The fourth-order valence-corrected chi connectivity index (χ4v) is 4.03. The van der Waals surface area contributed by atoms with Crippen LogP contribution in [0.5, 0.6) is 5.75 Å². The van der Waals surface area contributed by atoms with E-state index in [0.717, 1.165) is 11.1 Å². The molecule has 0 radical (unpaired) electrons. The highest BCUT2D eigenvalue weighted by Crippen LogP contribution is 2.21. The van der Waals surface area contributed by atoms with E-state index in [1.165, 1.54) is 11.8 Å². The molecule has 0 aliphatic heterocycles. The molecule has 0 spiro atoms. The Morgan fingerprint density at radius 2 is 1.58 bits per heavy atom. The topological polar surface area (TPSA) is 69.0 Å². The van der Waals surface area contributed by atoms with Gasteiger partial charge < -0.3 is 10.1 Å². The molecule has 1 N–H and O–H groups in total. The standard InChI is InChI=1S/C25H23ClN4O2S/c26-21-11-13-22(14-12-21)32-17-23-28-29-25(30(23)16-20-9-5-2-6-10-20)33-18-24(31)27-15-19-7-3-1-4-8-19/h1-14H,15-18H2,(H,27,31). The van der Waals surface area contributed by atoms with Gasteiger partial charge in [0.05, 0.1) is 12.3 Å². The van der Waals surface area contributed by atoms with Crippen LogP contribution in [0.4, 0.5) is 0 Å². The third kappa shape index (κ3) is 6.84. The van der Waals surface area contributed by atoms with Gasteiger partial charge >= 0.3 is 0 Å². The summed E-state index contributed by atoms with van der Waals surface area (Å²) in [6.07, 6.45) is 0. The van der Waals surface area contributed by atoms with Crippen LogP contribution in [-0.4, -0.2) is 26.4 Å². The summed E-state index contributed by atoms with van der Waals surface area (Å²) in [6.45, 7) is 1.33. The summed E-state index contributed by atoms with van der Waals surface area (Å²) >= 11 is 7.31. The van der Waals surface area contributed by atoms with Crippen molar-refractivity contribution in [1.82, 2.24) is 20.1 Å². The highest BCUT2D eigenvalue weighted by atomic mass is 35.5. The Hall–Kier alpha value is -3.29. The fourth-order valence-electron chi connectivity index (χ4n) is 3.11. The normalized spacial score (nSPS) is 10.7. The monoisotopic (exact) mass is 478 g/mol. The molecule has 0 unspecified atom stereocenters. The van der Waals surface area contributed by atoms with E-state index in [4.69, 9.17) is 16.3 Å². The molecule has 0 atom stereocenters. The number of amides is 1. The van der Waals surface area contributed by atoms with Crippen molar-refractivity contribution in [2.45, 2.75) is 24.9 Å². The van der Waals surface area contributed by atoms with Crippen molar-refractivity contribution in [1.29, 1.82) is 0 Å². The second-order valence-electron chi connectivity index (χ2n) is 7.26. The summed E-state index contributed by atoms with van der Waals surface area (Å²) in [5, 5.41) is 12.9. The van der Waals surface area contributed by atoms with Crippen molar-refractivity contribution >= 4 is 29.3 Å². The maximum absolute atomic E-state index is 12.4. The van der Waals surface area contributed by atoms with Crippen LogP contribution in [0.1, 0.15) is 17.0 Å². The van der Waals surface area contributed by atoms with Crippen molar-refractivity contribution in [3.05, 3.63) is 107 Å². The Balaban J connectivity index is 1.42. The average Bonchev–Trinajstić information content (AvgIpc) is 3.23. The van der Waals surface area contributed by atoms with E-state index >= 15 is 0 Å². The van der Waals surface area contributed by atoms with Gasteiger partial charge in [-0.25, -0.2) is 0 Å². The smallest absolute Gasteiger partial charge is 0.230 e. The minimum Gasteiger partial charge on any atom is -0.486 e. The summed E-state index contributed by atoms with van der Waals surface area (Å²) in [4.78, 5) is 12.4. The second-order valence-corrected chi connectivity index (χ2v) is 8.64. The molecule has 1 amide bonds. The summed E-state index contributed by atoms with van der Waals surface area (Å²) in [5.41, 5.74) is 2.17. The quantitative estimate of drug-likeness (QED) is 0.326. The summed E-state index contributed by atoms with van der Waals surface area (Å²) in [7, 11) is 0. The molecule has 0 bridgehead atoms. The van der Waals surface area contributed by atoms with Gasteiger partial charge in [0, 0.05) is 11.6 Å². The highest BCUT2D eigenvalue weighted by Gasteiger charge is 2.15. The zero-order chi connectivity index (χ0) is 22.9. The van der Waals surface area contributed by atoms with Gasteiger partial charge in [-0.3, -0.25) is 9.36 Å². The van der Waals surface area contributed by atoms with Crippen LogP contribution in [0.3, 0.4) is 0 Å². The number of hydrogen-bond donors (Lipinski definition) is 1. The zero-order valence-corrected chi connectivity index (χ0v) is 19.4. The Labute approximate surface area is 202 Å². The van der Waals surface area contributed by atoms with E-state index in [-0.39, 0.29) is 18.3 Å². The molecule has 4 rings (SSSR count). The molecule has 33 heavy (non-hydrogen) atoms. The molecule has 6 nitrogen and oxygen atoms in total. The lowest BCUT2D eigenvalue weighted by Crippen LogP contribution is -2.24. The molecule has 1 aromatic heterocycles. The first-order valence-corrected chi connectivity index (χ1v) is 11.8.